The summed E-state index contributed by atoms with van der Waals surface area (Å²) in [5.41, 5.74) is 0.408. The molecule has 1 aromatic rings. The third-order valence-corrected chi connectivity index (χ3v) is 2.75. The molecule has 0 heterocycles. The molecule has 1 unspecified atom stereocenters. The van der Waals surface area contributed by atoms with Crippen molar-refractivity contribution in [3.8, 4) is 0 Å². The lowest BCUT2D eigenvalue weighted by atomic mass is 9.95. The van der Waals surface area contributed by atoms with Crippen molar-refractivity contribution in [2.75, 3.05) is 13.2 Å². The average molecular weight is 272 g/mol. The summed E-state index contributed by atoms with van der Waals surface area (Å²) in [6, 6.07) is 6.53. The van der Waals surface area contributed by atoms with Gasteiger partial charge in [-0.15, -0.1) is 0 Å². The molecule has 6 heteroatoms. The maximum atomic E-state index is 11.5. The van der Waals surface area contributed by atoms with E-state index in [4.69, 9.17) is 21.8 Å². The number of carbonyl (C=O) groups is 2. The van der Waals surface area contributed by atoms with Crippen LogP contribution in [0.15, 0.2) is 24.3 Å². The minimum atomic E-state index is -1.11. The second-order valence-corrected chi connectivity index (χ2v) is 4.10. The molecule has 0 bridgehead atoms. The summed E-state index contributed by atoms with van der Waals surface area (Å²) in [6.07, 6.45) is -0.209. The fraction of sp³-hybridized carbons (Fsp3) is 0.333. The molecule has 98 valence electrons. The van der Waals surface area contributed by atoms with Crippen molar-refractivity contribution >= 4 is 23.5 Å². The highest BCUT2D eigenvalue weighted by atomic mass is 35.5. The third-order valence-electron chi connectivity index (χ3n) is 2.40. The molecular formula is C12H14ClNO4. The maximum Gasteiger partial charge on any atom is 0.311 e. The van der Waals surface area contributed by atoms with Gasteiger partial charge < -0.3 is 15.5 Å². The van der Waals surface area contributed by atoms with Gasteiger partial charge in [0.25, 0.3) is 0 Å². The van der Waals surface area contributed by atoms with Gasteiger partial charge >= 0.3 is 5.97 Å². The lowest BCUT2D eigenvalue weighted by Gasteiger charge is -2.13. The minimum absolute atomic E-state index is 0.105. The van der Waals surface area contributed by atoms with E-state index in [9.17, 15) is 9.59 Å². The Morgan fingerprint density at radius 2 is 2.00 bits per heavy atom. The smallest absolute Gasteiger partial charge is 0.311 e. The van der Waals surface area contributed by atoms with Gasteiger partial charge in [-0.05, 0) is 11.6 Å². The summed E-state index contributed by atoms with van der Waals surface area (Å²) in [4.78, 5) is 22.6. The van der Waals surface area contributed by atoms with E-state index in [0.717, 1.165) is 0 Å². The van der Waals surface area contributed by atoms with Crippen LogP contribution in [0.1, 0.15) is 17.9 Å². The van der Waals surface area contributed by atoms with E-state index in [1.54, 1.807) is 24.3 Å². The standard InChI is InChI=1S/C12H14ClNO4/c13-10-4-2-1-3-8(10)9(12(17)18)7-11(16)14-5-6-15/h1-4,9,15H,5-7H2,(H,14,16)(H,17,18). The van der Waals surface area contributed by atoms with Gasteiger partial charge in [-0.2, -0.15) is 0 Å². The van der Waals surface area contributed by atoms with Gasteiger partial charge in [-0.1, -0.05) is 29.8 Å². The first-order chi connectivity index (χ1) is 8.56. The van der Waals surface area contributed by atoms with Gasteiger partial charge in [0.1, 0.15) is 0 Å². The molecule has 1 rings (SSSR count). The van der Waals surface area contributed by atoms with Crippen LogP contribution < -0.4 is 5.32 Å². The lowest BCUT2D eigenvalue weighted by molar-refractivity contribution is -0.140. The number of hydrogen-bond acceptors (Lipinski definition) is 3. The Labute approximate surface area is 109 Å². The van der Waals surface area contributed by atoms with Crippen LogP contribution in [0.25, 0.3) is 0 Å². The Morgan fingerprint density at radius 1 is 1.33 bits per heavy atom. The first-order valence-corrected chi connectivity index (χ1v) is 5.79. The van der Waals surface area contributed by atoms with Gasteiger partial charge in [0, 0.05) is 18.0 Å². The third kappa shape index (κ3) is 4.01. The monoisotopic (exact) mass is 271 g/mol. The normalized spacial score (nSPS) is 11.9. The Hall–Kier alpha value is -1.59. The lowest BCUT2D eigenvalue weighted by Crippen LogP contribution is -2.29. The van der Waals surface area contributed by atoms with Gasteiger partial charge in [0.05, 0.1) is 12.5 Å². The van der Waals surface area contributed by atoms with E-state index in [2.05, 4.69) is 5.32 Å². The molecule has 0 radical (unpaired) electrons. The Morgan fingerprint density at radius 3 is 2.56 bits per heavy atom. The Bertz CT molecular complexity index is 436. The molecule has 1 atom stereocenters. The average Bonchev–Trinajstić information content (AvgIpc) is 2.34. The number of nitrogens with one attached hydrogen (secondary N) is 1. The number of halogens is 1. The highest BCUT2D eigenvalue weighted by Crippen LogP contribution is 2.27. The number of carboxylic acids is 1. The van der Waals surface area contributed by atoms with Crippen LogP contribution in [-0.4, -0.2) is 35.2 Å². The van der Waals surface area contributed by atoms with Crippen molar-refractivity contribution in [2.45, 2.75) is 12.3 Å². The van der Waals surface area contributed by atoms with E-state index in [1.807, 2.05) is 0 Å². The summed E-state index contributed by atoms with van der Waals surface area (Å²) in [5, 5.41) is 20.4. The van der Waals surface area contributed by atoms with Crippen LogP contribution in [0.5, 0.6) is 0 Å². The zero-order valence-electron chi connectivity index (χ0n) is 9.60. The molecule has 0 aliphatic rings. The quantitative estimate of drug-likeness (QED) is 0.721. The van der Waals surface area contributed by atoms with E-state index in [-0.39, 0.29) is 19.6 Å². The predicted molar refractivity (Wildman–Crippen MR) is 66.5 cm³/mol. The van der Waals surface area contributed by atoms with E-state index < -0.39 is 17.8 Å². The van der Waals surface area contributed by atoms with E-state index in [0.29, 0.717) is 10.6 Å². The number of aliphatic carboxylic acids is 1. The van der Waals surface area contributed by atoms with Crippen molar-refractivity contribution in [3.05, 3.63) is 34.9 Å². The van der Waals surface area contributed by atoms with E-state index in [1.165, 1.54) is 0 Å². The first kappa shape index (κ1) is 14.5. The second-order valence-electron chi connectivity index (χ2n) is 3.69. The molecule has 0 aliphatic carbocycles. The number of amides is 1. The topological polar surface area (TPSA) is 86.6 Å². The van der Waals surface area contributed by atoms with Crippen LogP contribution in [0, 0.1) is 0 Å². The molecule has 3 N–H and O–H groups in total. The molecule has 0 saturated carbocycles. The fourth-order valence-electron chi connectivity index (χ4n) is 1.54. The molecule has 0 spiro atoms. The van der Waals surface area contributed by atoms with Crippen LogP contribution in [0.3, 0.4) is 0 Å². The molecule has 18 heavy (non-hydrogen) atoms. The number of carbonyl (C=O) groups excluding carboxylic acids is 1. The Balaban J connectivity index is 2.81. The van der Waals surface area contributed by atoms with Crippen molar-refractivity contribution in [1.29, 1.82) is 0 Å². The highest BCUT2D eigenvalue weighted by molar-refractivity contribution is 6.31. The summed E-state index contributed by atoms with van der Waals surface area (Å²) >= 11 is 5.92. The maximum absolute atomic E-state index is 11.5. The number of hydrogen-bond donors (Lipinski definition) is 3. The SMILES string of the molecule is O=C(CC(C(=O)O)c1ccccc1Cl)NCCO. The summed E-state index contributed by atoms with van der Waals surface area (Å²) in [6.45, 7) is -0.0801. The number of carboxylic acid groups (broad SMARTS) is 1. The van der Waals surface area contributed by atoms with Crippen molar-refractivity contribution < 1.29 is 19.8 Å². The zero-order chi connectivity index (χ0) is 13.5. The molecule has 5 nitrogen and oxygen atoms in total. The fourth-order valence-corrected chi connectivity index (χ4v) is 1.81. The number of benzene rings is 1. The van der Waals surface area contributed by atoms with Gasteiger partial charge in [0.2, 0.25) is 5.91 Å². The summed E-state index contributed by atoms with van der Waals surface area (Å²) < 4.78 is 0. The molecular weight excluding hydrogens is 258 g/mol. The van der Waals surface area contributed by atoms with Crippen molar-refractivity contribution in [2.24, 2.45) is 0 Å². The zero-order valence-corrected chi connectivity index (χ0v) is 10.4. The number of aliphatic hydroxyl groups excluding tert-OH is 1. The predicted octanol–water partition coefficient (Wildman–Crippen LogP) is 1.01. The van der Waals surface area contributed by atoms with Crippen molar-refractivity contribution in [1.82, 2.24) is 5.32 Å². The van der Waals surface area contributed by atoms with Gasteiger partial charge in [0.15, 0.2) is 0 Å². The van der Waals surface area contributed by atoms with Gasteiger partial charge in [-0.3, -0.25) is 9.59 Å². The molecule has 0 aromatic heterocycles. The van der Waals surface area contributed by atoms with Crippen LogP contribution in [0.2, 0.25) is 5.02 Å². The second kappa shape index (κ2) is 6.98. The molecule has 1 amide bonds. The highest BCUT2D eigenvalue weighted by Gasteiger charge is 2.24. The van der Waals surface area contributed by atoms with Gasteiger partial charge in [-0.25, -0.2) is 0 Å². The van der Waals surface area contributed by atoms with E-state index >= 15 is 0 Å². The number of rotatable bonds is 6. The Kier molecular flexibility index (Phi) is 5.61. The molecule has 1 aromatic carbocycles. The molecule has 0 aliphatic heterocycles. The summed E-state index contributed by atoms with van der Waals surface area (Å²) in [7, 11) is 0. The van der Waals surface area contributed by atoms with Crippen LogP contribution >= 0.6 is 11.6 Å². The molecule has 0 fully saturated rings. The van der Waals surface area contributed by atoms with Crippen LogP contribution in [0.4, 0.5) is 0 Å². The summed E-state index contributed by atoms with van der Waals surface area (Å²) in [5.74, 6) is -2.53. The molecule has 0 saturated heterocycles. The first-order valence-electron chi connectivity index (χ1n) is 5.41. The minimum Gasteiger partial charge on any atom is -0.481 e. The number of aliphatic hydroxyl groups is 1. The largest absolute Gasteiger partial charge is 0.481 e. The van der Waals surface area contributed by atoms with Crippen LogP contribution in [-0.2, 0) is 9.59 Å². The van der Waals surface area contributed by atoms with Crippen molar-refractivity contribution in [3.63, 3.8) is 0 Å².